The van der Waals surface area contributed by atoms with Gasteiger partial charge in [0.2, 0.25) is 0 Å². The van der Waals surface area contributed by atoms with Crippen LogP contribution in [-0.4, -0.2) is 36.0 Å². The van der Waals surface area contributed by atoms with Gasteiger partial charge in [-0.2, -0.15) is 0 Å². The number of oxime groups is 1. The molecular formula is C19H18N2O6. The molecule has 0 aliphatic rings. The van der Waals surface area contributed by atoms with Gasteiger partial charge in [0.15, 0.2) is 0 Å². The number of hydrogen-bond donors (Lipinski definition) is 1. The van der Waals surface area contributed by atoms with Crippen molar-refractivity contribution in [2.45, 2.75) is 6.42 Å². The topological polar surface area (TPSA) is 111 Å². The van der Waals surface area contributed by atoms with Crippen molar-refractivity contribution in [1.29, 1.82) is 0 Å². The van der Waals surface area contributed by atoms with Gasteiger partial charge in [-0.25, -0.2) is 4.79 Å². The Labute approximate surface area is 155 Å². The summed E-state index contributed by atoms with van der Waals surface area (Å²) in [6, 6.07) is 12.8. The van der Waals surface area contributed by atoms with E-state index in [2.05, 4.69) is 5.16 Å². The zero-order chi connectivity index (χ0) is 19.8. The Morgan fingerprint density at radius 1 is 1.19 bits per heavy atom. The smallest absolute Gasteiger partial charge is 0.341 e. The SMILES string of the molecule is CO/C=C(/C(=O)OC)c1ccccc1C(Cc1cccc([N+](=O)[O-])c1)=NO. The zero-order valence-corrected chi connectivity index (χ0v) is 14.8. The molecule has 2 aromatic rings. The Bertz CT molecular complexity index is 905. The fourth-order valence-corrected chi connectivity index (χ4v) is 2.58. The molecule has 8 nitrogen and oxygen atoms in total. The van der Waals surface area contributed by atoms with E-state index < -0.39 is 10.9 Å². The van der Waals surface area contributed by atoms with E-state index in [0.717, 1.165) is 0 Å². The molecule has 2 aromatic carbocycles. The number of nitro groups is 1. The Morgan fingerprint density at radius 2 is 1.89 bits per heavy atom. The van der Waals surface area contributed by atoms with Crippen molar-refractivity contribution in [3.8, 4) is 0 Å². The second-order valence-corrected chi connectivity index (χ2v) is 5.45. The Kier molecular flexibility index (Phi) is 6.65. The highest BCUT2D eigenvalue weighted by Crippen LogP contribution is 2.23. The molecule has 0 aromatic heterocycles. The van der Waals surface area contributed by atoms with E-state index in [1.165, 1.54) is 32.6 Å². The molecule has 0 unspecified atom stereocenters. The quantitative estimate of drug-likeness (QED) is 0.152. The van der Waals surface area contributed by atoms with Crippen LogP contribution in [0.3, 0.4) is 0 Å². The zero-order valence-electron chi connectivity index (χ0n) is 14.8. The lowest BCUT2D eigenvalue weighted by Gasteiger charge is -2.13. The highest BCUT2D eigenvalue weighted by molar-refractivity contribution is 6.19. The maximum Gasteiger partial charge on any atom is 0.341 e. The maximum absolute atomic E-state index is 12.1. The molecule has 0 radical (unpaired) electrons. The van der Waals surface area contributed by atoms with Crippen LogP contribution in [0.2, 0.25) is 0 Å². The summed E-state index contributed by atoms with van der Waals surface area (Å²) in [7, 11) is 2.65. The summed E-state index contributed by atoms with van der Waals surface area (Å²) in [5, 5.41) is 23.8. The average Bonchev–Trinajstić information content (AvgIpc) is 2.70. The minimum atomic E-state index is -0.614. The molecule has 0 heterocycles. The summed E-state index contributed by atoms with van der Waals surface area (Å²) in [6.07, 6.45) is 1.36. The first-order valence-corrected chi connectivity index (χ1v) is 7.87. The normalized spacial score (nSPS) is 11.8. The predicted molar refractivity (Wildman–Crippen MR) is 98.6 cm³/mol. The molecule has 27 heavy (non-hydrogen) atoms. The number of carbonyl (C=O) groups excluding carboxylic acids is 1. The lowest BCUT2D eigenvalue weighted by atomic mass is 9.94. The van der Waals surface area contributed by atoms with Crippen LogP contribution in [0.15, 0.2) is 59.9 Å². The van der Waals surface area contributed by atoms with E-state index in [0.29, 0.717) is 16.7 Å². The molecule has 0 saturated carbocycles. The predicted octanol–water partition coefficient (Wildman–Crippen LogP) is 3.18. The van der Waals surface area contributed by atoms with E-state index in [1.807, 2.05) is 0 Å². The summed E-state index contributed by atoms with van der Waals surface area (Å²) >= 11 is 0. The van der Waals surface area contributed by atoms with Gasteiger partial charge in [-0.05, 0) is 5.56 Å². The number of nitrogens with zero attached hydrogens (tertiary/aromatic N) is 2. The third-order valence-corrected chi connectivity index (χ3v) is 3.78. The van der Waals surface area contributed by atoms with Gasteiger partial charge in [-0.3, -0.25) is 10.1 Å². The van der Waals surface area contributed by atoms with Crippen LogP contribution in [0, 0.1) is 10.1 Å². The number of non-ortho nitro benzene ring substituents is 1. The molecule has 1 N–H and O–H groups in total. The van der Waals surface area contributed by atoms with Gasteiger partial charge < -0.3 is 14.7 Å². The fourth-order valence-electron chi connectivity index (χ4n) is 2.58. The van der Waals surface area contributed by atoms with Crippen LogP contribution in [0.5, 0.6) is 0 Å². The first-order chi connectivity index (χ1) is 13.0. The number of methoxy groups -OCH3 is 2. The summed E-state index contributed by atoms with van der Waals surface area (Å²) < 4.78 is 9.75. The summed E-state index contributed by atoms with van der Waals surface area (Å²) in [5.41, 5.74) is 1.83. The van der Waals surface area contributed by atoms with Crippen molar-refractivity contribution in [2.75, 3.05) is 14.2 Å². The molecule has 2 rings (SSSR count). The van der Waals surface area contributed by atoms with Gasteiger partial charge in [0, 0.05) is 29.7 Å². The fraction of sp³-hybridized carbons (Fsp3) is 0.158. The van der Waals surface area contributed by atoms with Gasteiger partial charge in [0.25, 0.3) is 5.69 Å². The molecule has 0 bridgehead atoms. The lowest BCUT2D eigenvalue weighted by molar-refractivity contribution is -0.384. The number of esters is 1. The monoisotopic (exact) mass is 370 g/mol. The largest absolute Gasteiger partial charge is 0.503 e. The summed E-state index contributed by atoms with van der Waals surface area (Å²) in [6.45, 7) is 0. The molecular weight excluding hydrogens is 352 g/mol. The Hall–Kier alpha value is -3.68. The first-order valence-electron chi connectivity index (χ1n) is 7.87. The maximum atomic E-state index is 12.1. The highest BCUT2D eigenvalue weighted by atomic mass is 16.6. The average molecular weight is 370 g/mol. The molecule has 8 heteroatoms. The van der Waals surface area contributed by atoms with Crippen molar-refractivity contribution in [2.24, 2.45) is 5.16 Å². The molecule has 0 atom stereocenters. The standard InChI is InChI=1S/C19H18N2O6/c1-26-12-17(19(22)27-2)15-8-3-4-9-16(15)18(20-23)11-13-6-5-7-14(10-13)21(24)25/h3-10,12,23H,11H2,1-2H3/b17-12+,20-18?. The Morgan fingerprint density at radius 3 is 2.48 bits per heavy atom. The molecule has 0 saturated heterocycles. The molecule has 0 spiro atoms. The number of carbonyl (C=O) groups is 1. The van der Waals surface area contributed by atoms with E-state index in [-0.39, 0.29) is 23.4 Å². The second-order valence-electron chi connectivity index (χ2n) is 5.45. The van der Waals surface area contributed by atoms with Crippen LogP contribution in [-0.2, 0) is 20.7 Å². The van der Waals surface area contributed by atoms with Gasteiger partial charge >= 0.3 is 5.97 Å². The van der Waals surface area contributed by atoms with Gasteiger partial charge in [0.05, 0.1) is 31.1 Å². The third-order valence-electron chi connectivity index (χ3n) is 3.78. The molecule has 0 fully saturated rings. The van der Waals surface area contributed by atoms with Crippen LogP contribution < -0.4 is 0 Å². The van der Waals surface area contributed by atoms with Crippen LogP contribution >= 0.6 is 0 Å². The Balaban J connectivity index is 2.47. The van der Waals surface area contributed by atoms with Gasteiger partial charge in [-0.1, -0.05) is 41.6 Å². The number of hydrogen-bond acceptors (Lipinski definition) is 7. The minimum absolute atomic E-state index is 0.0624. The molecule has 140 valence electrons. The van der Waals surface area contributed by atoms with Crippen LogP contribution in [0.1, 0.15) is 16.7 Å². The van der Waals surface area contributed by atoms with E-state index in [1.54, 1.807) is 36.4 Å². The van der Waals surface area contributed by atoms with Crippen molar-refractivity contribution in [3.63, 3.8) is 0 Å². The van der Waals surface area contributed by atoms with Crippen molar-refractivity contribution in [1.82, 2.24) is 0 Å². The van der Waals surface area contributed by atoms with Crippen molar-refractivity contribution < 1.29 is 24.4 Å². The highest BCUT2D eigenvalue weighted by Gasteiger charge is 2.20. The number of benzene rings is 2. The first kappa shape index (κ1) is 19.6. The minimum Gasteiger partial charge on any atom is -0.503 e. The van der Waals surface area contributed by atoms with Crippen molar-refractivity contribution in [3.05, 3.63) is 81.6 Å². The number of rotatable bonds is 7. The number of nitro benzene ring substituents is 1. The van der Waals surface area contributed by atoms with Gasteiger partial charge in [-0.15, -0.1) is 0 Å². The van der Waals surface area contributed by atoms with E-state index in [9.17, 15) is 20.1 Å². The van der Waals surface area contributed by atoms with Crippen LogP contribution in [0.4, 0.5) is 5.69 Å². The van der Waals surface area contributed by atoms with Crippen molar-refractivity contribution >= 4 is 22.9 Å². The summed E-state index contributed by atoms with van der Waals surface area (Å²) in [4.78, 5) is 22.6. The van der Waals surface area contributed by atoms with Crippen LogP contribution in [0.25, 0.3) is 5.57 Å². The molecule has 0 amide bonds. The van der Waals surface area contributed by atoms with E-state index in [4.69, 9.17) is 9.47 Å². The number of ether oxygens (including phenoxy) is 2. The molecule has 0 aliphatic heterocycles. The second kappa shape index (κ2) is 9.14. The summed E-state index contributed by atoms with van der Waals surface area (Å²) in [5.74, 6) is -0.614. The third kappa shape index (κ3) is 4.69. The van der Waals surface area contributed by atoms with E-state index >= 15 is 0 Å². The lowest BCUT2D eigenvalue weighted by Crippen LogP contribution is -2.12. The molecule has 0 aliphatic carbocycles. The van der Waals surface area contributed by atoms with Gasteiger partial charge in [0.1, 0.15) is 5.57 Å².